The fraction of sp³-hybridized carbons (Fsp3) is 0.800. The number of piperidine rings is 1. The molecule has 3 rings (SSSR count). The number of hydrogen-bond acceptors (Lipinski definition) is 5. The van der Waals surface area contributed by atoms with Gasteiger partial charge in [-0.25, -0.2) is 0 Å². The second kappa shape index (κ2) is 9.51. The van der Waals surface area contributed by atoms with Crippen LogP contribution in [0.4, 0.5) is 0 Å². The van der Waals surface area contributed by atoms with Crippen LogP contribution in [0.15, 0.2) is 10.6 Å². The van der Waals surface area contributed by atoms with E-state index in [1.807, 2.05) is 0 Å². The number of carbonyl (C=O) groups excluding carboxylic acids is 1. The van der Waals surface area contributed by atoms with Crippen molar-refractivity contribution in [1.82, 2.24) is 20.3 Å². The van der Waals surface area contributed by atoms with Crippen molar-refractivity contribution in [2.45, 2.75) is 45.4 Å². The number of aryl methyl sites for hydroxylation is 1. The quantitative estimate of drug-likeness (QED) is 0.803. The van der Waals surface area contributed by atoms with Crippen LogP contribution in [0.3, 0.4) is 0 Å². The van der Waals surface area contributed by atoms with Gasteiger partial charge in [0.05, 0.1) is 5.69 Å². The first kappa shape index (κ1) is 19.4. The van der Waals surface area contributed by atoms with E-state index in [1.54, 1.807) is 0 Å². The highest BCUT2D eigenvalue weighted by Crippen LogP contribution is 2.27. The zero-order valence-electron chi connectivity index (χ0n) is 16.4. The van der Waals surface area contributed by atoms with Gasteiger partial charge in [0.1, 0.15) is 5.76 Å². The number of nitrogens with one attached hydrogen (secondary N) is 1. The zero-order valence-corrected chi connectivity index (χ0v) is 16.4. The number of piperazine rings is 1. The highest BCUT2D eigenvalue weighted by Gasteiger charge is 2.30. The van der Waals surface area contributed by atoms with Gasteiger partial charge >= 0.3 is 0 Å². The molecule has 0 radical (unpaired) electrons. The molecular formula is C20H34N4O2. The van der Waals surface area contributed by atoms with Crippen LogP contribution in [0.5, 0.6) is 0 Å². The number of nitrogens with zero attached hydrogens (tertiary/aromatic N) is 3. The molecular weight excluding hydrogens is 328 g/mol. The van der Waals surface area contributed by atoms with Crippen molar-refractivity contribution < 1.29 is 9.32 Å². The normalized spacial score (nSPS) is 24.8. The summed E-state index contributed by atoms with van der Waals surface area (Å²) < 4.78 is 5.48. The lowest BCUT2D eigenvalue weighted by Crippen LogP contribution is -2.48. The third-order valence-corrected chi connectivity index (χ3v) is 5.91. The molecule has 146 valence electrons. The van der Waals surface area contributed by atoms with Gasteiger partial charge in [0.2, 0.25) is 5.91 Å². The number of amides is 1. The molecule has 2 fully saturated rings. The number of likely N-dealkylation sites (N-methyl/N-ethyl adjacent to an activating group) is 1. The van der Waals surface area contributed by atoms with E-state index in [9.17, 15) is 4.79 Å². The smallest absolute Gasteiger partial charge is 0.222 e. The van der Waals surface area contributed by atoms with Crippen LogP contribution in [-0.2, 0) is 17.6 Å². The molecule has 6 nitrogen and oxygen atoms in total. The second-order valence-electron chi connectivity index (χ2n) is 7.99. The third-order valence-electron chi connectivity index (χ3n) is 5.91. The fourth-order valence-corrected chi connectivity index (χ4v) is 4.08. The average molecular weight is 363 g/mol. The maximum atomic E-state index is 12.7. The minimum Gasteiger partial charge on any atom is -0.361 e. The Kier molecular flexibility index (Phi) is 7.08. The van der Waals surface area contributed by atoms with E-state index in [-0.39, 0.29) is 0 Å². The highest BCUT2D eigenvalue weighted by molar-refractivity contribution is 5.76. The maximum Gasteiger partial charge on any atom is 0.222 e. The SMILES string of the molecule is CCCCc1cc(C[C@@H]2CNCC[C@H]2CC(=O)N2CCN(C)CC2)no1. The molecule has 0 saturated carbocycles. The molecule has 6 heteroatoms. The standard InChI is InChI=1S/C20H34N4O2/c1-3-4-5-19-14-18(22-26-19)12-17-15-21-7-6-16(17)13-20(25)24-10-8-23(2)9-11-24/h14,16-17,21H,3-13,15H2,1-2H3/t16-,17+/m0/s1. The summed E-state index contributed by atoms with van der Waals surface area (Å²) >= 11 is 0. The first-order valence-corrected chi connectivity index (χ1v) is 10.3. The van der Waals surface area contributed by atoms with Gasteiger partial charge in [-0.3, -0.25) is 4.79 Å². The van der Waals surface area contributed by atoms with Crippen LogP contribution in [0.1, 0.15) is 44.1 Å². The van der Waals surface area contributed by atoms with Gasteiger partial charge in [-0.1, -0.05) is 18.5 Å². The van der Waals surface area contributed by atoms with Crippen molar-refractivity contribution in [3.05, 3.63) is 17.5 Å². The predicted octanol–water partition coefficient (Wildman–Crippen LogP) is 1.95. The Hall–Kier alpha value is -1.40. The number of rotatable bonds is 7. The summed E-state index contributed by atoms with van der Waals surface area (Å²) in [6.07, 6.45) is 5.93. The van der Waals surface area contributed by atoms with Gasteiger partial charge in [-0.05, 0) is 51.2 Å². The Morgan fingerprint density at radius 3 is 2.88 bits per heavy atom. The van der Waals surface area contributed by atoms with Gasteiger partial charge < -0.3 is 19.6 Å². The van der Waals surface area contributed by atoms with Crippen molar-refractivity contribution in [2.24, 2.45) is 11.8 Å². The van der Waals surface area contributed by atoms with Gasteiger partial charge in [0.15, 0.2) is 0 Å². The molecule has 0 aromatic carbocycles. The summed E-state index contributed by atoms with van der Waals surface area (Å²) in [5, 5.41) is 7.77. The average Bonchev–Trinajstić information content (AvgIpc) is 3.09. The monoisotopic (exact) mass is 362 g/mol. The van der Waals surface area contributed by atoms with E-state index in [4.69, 9.17) is 4.52 Å². The molecule has 0 unspecified atom stereocenters. The Bertz CT molecular complexity index is 566. The Labute approximate surface area is 157 Å². The summed E-state index contributed by atoms with van der Waals surface area (Å²) in [5.41, 5.74) is 1.04. The molecule has 0 bridgehead atoms. The highest BCUT2D eigenvalue weighted by atomic mass is 16.5. The molecule has 1 N–H and O–H groups in total. The minimum atomic E-state index is 0.332. The Morgan fingerprint density at radius 1 is 1.31 bits per heavy atom. The van der Waals surface area contributed by atoms with Crippen molar-refractivity contribution in [1.29, 1.82) is 0 Å². The van der Waals surface area contributed by atoms with Crippen LogP contribution >= 0.6 is 0 Å². The summed E-state index contributed by atoms with van der Waals surface area (Å²) in [6.45, 7) is 7.88. The van der Waals surface area contributed by atoms with Gasteiger partial charge in [-0.2, -0.15) is 0 Å². The lowest BCUT2D eigenvalue weighted by molar-refractivity contribution is -0.134. The van der Waals surface area contributed by atoms with Crippen molar-refractivity contribution in [2.75, 3.05) is 46.3 Å². The number of hydrogen-bond donors (Lipinski definition) is 1. The first-order valence-electron chi connectivity index (χ1n) is 10.3. The molecule has 2 aliphatic heterocycles. The lowest BCUT2D eigenvalue weighted by Gasteiger charge is -2.36. The van der Waals surface area contributed by atoms with E-state index >= 15 is 0 Å². The first-order chi connectivity index (χ1) is 12.7. The number of aromatic nitrogens is 1. The third kappa shape index (κ3) is 5.30. The van der Waals surface area contributed by atoms with Crippen LogP contribution in [0, 0.1) is 11.8 Å². The molecule has 3 heterocycles. The Morgan fingerprint density at radius 2 is 2.12 bits per heavy atom. The summed E-state index contributed by atoms with van der Waals surface area (Å²) in [6, 6.07) is 2.11. The molecule has 0 spiro atoms. The number of unbranched alkanes of at least 4 members (excludes halogenated alkanes) is 1. The van der Waals surface area contributed by atoms with Gasteiger partial charge in [0, 0.05) is 45.1 Å². The zero-order chi connectivity index (χ0) is 18.4. The largest absolute Gasteiger partial charge is 0.361 e. The van der Waals surface area contributed by atoms with Crippen molar-refractivity contribution in [3.63, 3.8) is 0 Å². The molecule has 2 saturated heterocycles. The molecule has 2 atom stereocenters. The Balaban J connectivity index is 1.54. The van der Waals surface area contributed by atoms with E-state index in [0.717, 1.165) is 76.4 Å². The van der Waals surface area contributed by atoms with Crippen LogP contribution < -0.4 is 5.32 Å². The van der Waals surface area contributed by atoms with Crippen molar-refractivity contribution in [3.8, 4) is 0 Å². The molecule has 0 aliphatic carbocycles. The summed E-state index contributed by atoms with van der Waals surface area (Å²) in [7, 11) is 2.12. The summed E-state index contributed by atoms with van der Waals surface area (Å²) in [5.74, 6) is 2.23. The second-order valence-corrected chi connectivity index (χ2v) is 7.99. The number of carbonyl (C=O) groups is 1. The van der Waals surface area contributed by atoms with E-state index < -0.39 is 0 Å². The van der Waals surface area contributed by atoms with Crippen LogP contribution in [0.25, 0.3) is 0 Å². The van der Waals surface area contributed by atoms with Gasteiger partial charge in [0.25, 0.3) is 0 Å². The maximum absolute atomic E-state index is 12.7. The molecule has 2 aliphatic rings. The van der Waals surface area contributed by atoms with Crippen molar-refractivity contribution >= 4 is 5.91 Å². The van der Waals surface area contributed by atoms with Gasteiger partial charge in [-0.15, -0.1) is 0 Å². The minimum absolute atomic E-state index is 0.332. The van der Waals surface area contributed by atoms with Crippen LogP contribution in [0.2, 0.25) is 0 Å². The van der Waals surface area contributed by atoms with E-state index in [0.29, 0.717) is 24.2 Å². The predicted molar refractivity (Wildman–Crippen MR) is 102 cm³/mol. The molecule has 1 amide bonds. The topological polar surface area (TPSA) is 61.6 Å². The van der Waals surface area contributed by atoms with Crippen LogP contribution in [-0.4, -0.2) is 67.2 Å². The molecule has 1 aromatic heterocycles. The summed E-state index contributed by atoms with van der Waals surface area (Å²) in [4.78, 5) is 17.1. The molecule has 1 aromatic rings. The fourth-order valence-electron chi connectivity index (χ4n) is 4.08. The van der Waals surface area contributed by atoms with E-state index in [2.05, 4.69) is 40.3 Å². The molecule has 26 heavy (non-hydrogen) atoms. The van der Waals surface area contributed by atoms with E-state index in [1.165, 1.54) is 6.42 Å². The lowest BCUT2D eigenvalue weighted by atomic mass is 9.81.